The van der Waals surface area contributed by atoms with Gasteiger partial charge in [-0.3, -0.25) is 9.48 Å². The van der Waals surface area contributed by atoms with Gasteiger partial charge >= 0.3 is 0 Å². The average molecular weight is 330 g/mol. The maximum absolute atomic E-state index is 12.9. The molecule has 2 N–H and O–H groups in total. The number of rotatable bonds is 4. The SMILES string of the molecule is CO[C@@H]1C[C@@H](Cn2ccc(N)n2)N(C(=O)c2cc(C)nc(C)n2)C1. The molecular formula is C16H22N6O2. The summed E-state index contributed by atoms with van der Waals surface area (Å²) in [6.07, 6.45) is 2.58. The third kappa shape index (κ3) is 3.38. The Bertz CT molecular complexity index is 724. The first kappa shape index (κ1) is 16.4. The Balaban J connectivity index is 1.83. The highest BCUT2D eigenvalue weighted by molar-refractivity contribution is 5.92. The fourth-order valence-corrected chi connectivity index (χ4v) is 3.13. The summed E-state index contributed by atoms with van der Waals surface area (Å²) in [4.78, 5) is 23.3. The molecule has 24 heavy (non-hydrogen) atoms. The highest BCUT2D eigenvalue weighted by Crippen LogP contribution is 2.23. The Morgan fingerprint density at radius 3 is 2.83 bits per heavy atom. The number of likely N-dealkylation sites (tertiary alicyclic amines) is 1. The van der Waals surface area contributed by atoms with Gasteiger partial charge in [-0.15, -0.1) is 0 Å². The van der Waals surface area contributed by atoms with E-state index < -0.39 is 0 Å². The molecule has 8 nitrogen and oxygen atoms in total. The zero-order valence-corrected chi connectivity index (χ0v) is 14.1. The normalized spacial score (nSPS) is 20.5. The Morgan fingerprint density at radius 2 is 2.21 bits per heavy atom. The summed E-state index contributed by atoms with van der Waals surface area (Å²) in [5, 5.41) is 4.21. The molecule has 128 valence electrons. The Hall–Kier alpha value is -2.48. The van der Waals surface area contributed by atoms with E-state index in [-0.39, 0.29) is 18.1 Å². The molecular weight excluding hydrogens is 308 g/mol. The van der Waals surface area contributed by atoms with Crippen molar-refractivity contribution in [3.05, 3.63) is 35.5 Å². The molecule has 1 aliphatic heterocycles. The summed E-state index contributed by atoms with van der Waals surface area (Å²) in [5.41, 5.74) is 6.87. The minimum Gasteiger partial charge on any atom is -0.382 e. The maximum Gasteiger partial charge on any atom is 0.273 e. The third-order valence-electron chi connectivity index (χ3n) is 4.21. The molecule has 0 aromatic carbocycles. The summed E-state index contributed by atoms with van der Waals surface area (Å²) in [5.74, 6) is 0.960. The van der Waals surface area contributed by atoms with Crippen LogP contribution in [0.4, 0.5) is 5.82 Å². The second-order valence-electron chi connectivity index (χ2n) is 6.11. The van der Waals surface area contributed by atoms with E-state index in [0.29, 0.717) is 30.4 Å². The van der Waals surface area contributed by atoms with Crippen LogP contribution in [-0.4, -0.2) is 56.4 Å². The van der Waals surface area contributed by atoms with Crippen molar-refractivity contribution in [1.82, 2.24) is 24.6 Å². The molecule has 0 radical (unpaired) electrons. The first-order chi connectivity index (χ1) is 11.5. The van der Waals surface area contributed by atoms with Crippen molar-refractivity contribution in [3.8, 4) is 0 Å². The lowest BCUT2D eigenvalue weighted by molar-refractivity contribution is 0.0672. The number of anilines is 1. The highest BCUT2D eigenvalue weighted by Gasteiger charge is 2.36. The van der Waals surface area contributed by atoms with Crippen molar-refractivity contribution in [2.75, 3.05) is 19.4 Å². The molecule has 0 unspecified atom stereocenters. The molecule has 3 heterocycles. The average Bonchev–Trinajstić information content (AvgIpc) is 3.12. The second-order valence-corrected chi connectivity index (χ2v) is 6.11. The fourth-order valence-electron chi connectivity index (χ4n) is 3.13. The Morgan fingerprint density at radius 1 is 1.42 bits per heavy atom. The van der Waals surface area contributed by atoms with Crippen LogP contribution in [0.1, 0.15) is 28.4 Å². The van der Waals surface area contributed by atoms with Gasteiger partial charge < -0.3 is 15.4 Å². The summed E-state index contributed by atoms with van der Waals surface area (Å²) in [6, 6.07) is 3.45. The number of nitrogen functional groups attached to an aromatic ring is 1. The van der Waals surface area contributed by atoms with Crippen LogP contribution in [0.3, 0.4) is 0 Å². The molecule has 2 aromatic rings. The lowest BCUT2D eigenvalue weighted by Crippen LogP contribution is -2.39. The number of aryl methyl sites for hydroxylation is 2. The minimum absolute atomic E-state index is 0.0101. The third-order valence-corrected chi connectivity index (χ3v) is 4.21. The molecule has 1 saturated heterocycles. The van der Waals surface area contributed by atoms with Gasteiger partial charge in [0, 0.05) is 25.5 Å². The first-order valence-corrected chi connectivity index (χ1v) is 7.91. The van der Waals surface area contributed by atoms with Gasteiger partial charge in [0.2, 0.25) is 0 Å². The van der Waals surface area contributed by atoms with Crippen molar-refractivity contribution in [2.24, 2.45) is 0 Å². The fraction of sp³-hybridized carbons (Fsp3) is 0.500. The molecule has 2 aromatic heterocycles. The second kappa shape index (κ2) is 6.56. The lowest BCUT2D eigenvalue weighted by atomic mass is 10.2. The molecule has 0 aliphatic carbocycles. The Labute approximate surface area is 140 Å². The molecule has 2 atom stereocenters. The first-order valence-electron chi connectivity index (χ1n) is 7.91. The van der Waals surface area contributed by atoms with E-state index in [9.17, 15) is 4.79 Å². The van der Waals surface area contributed by atoms with E-state index in [1.54, 1.807) is 30.8 Å². The largest absolute Gasteiger partial charge is 0.382 e. The zero-order chi connectivity index (χ0) is 17.3. The maximum atomic E-state index is 12.9. The molecule has 1 amide bonds. The topological polar surface area (TPSA) is 99.2 Å². The van der Waals surface area contributed by atoms with Crippen LogP contribution >= 0.6 is 0 Å². The van der Waals surface area contributed by atoms with E-state index in [1.165, 1.54) is 0 Å². The van der Waals surface area contributed by atoms with Gasteiger partial charge in [-0.25, -0.2) is 9.97 Å². The number of carbonyl (C=O) groups excluding carboxylic acids is 1. The van der Waals surface area contributed by atoms with Gasteiger partial charge in [0.1, 0.15) is 17.3 Å². The summed E-state index contributed by atoms with van der Waals surface area (Å²) < 4.78 is 7.23. The summed E-state index contributed by atoms with van der Waals surface area (Å²) in [7, 11) is 1.67. The number of aromatic nitrogens is 4. The van der Waals surface area contributed by atoms with Crippen LogP contribution < -0.4 is 5.73 Å². The summed E-state index contributed by atoms with van der Waals surface area (Å²) in [6.45, 7) is 4.76. The van der Waals surface area contributed by atoms with E-state index >= 15 is 0 Å². The number of amides is 1. The highest BCUT2D eigenvalue weighted by atomic mass is 16.5. The monoisotopic (exact) mass is 330 g/mol. The van der Waals surface area contributed by atoms with Gasteiger partial charge in [-0.2, -0.15) is 5.10 Å². The molecule has 0 spiro atoms. The van der Waals surface area contributed by atoms with E-state index in [2.05, 4.69) is 15.1 Å². The lowest BCUT2D eigenvalue weighted by Gasteiger charge is -2.24. The van der Waals surface area contributed by atoms with Crippen molar-refractivity contribution >= 4 is 11.7 Å². The number of nitrogens with zero attached hydrogens (tertiary/aromatic N) is 5. The predicted octanol–water partition coefficient (Wildman–Crippen LogP) is 0.802. The number of hydrogen-bond donors (Lipinski definition) is 1. The molecule has 0 saturated carbocycles. The zero-order valence-electron chi connectivity index (χ0n) is 14.1. The molecule has 0 bridgehead atoms. The van der Waals surface area contributed by atoms with Crippen LogP contribution in [0.2, 0.25) is 0 Å². The smallest absolute Gasteiger partial charge is 0.273 e. The predicted molar refractivity (Wildman–Crippen MR) is 88.4 cm³/mol. The van der Waals surface area contributed by atoms with Crippen LogP contribution in [-0.2, 0) is 11.3 Å². The van der Waals surface area contributed by atoms with Gasteiger partial charge in [-0.1, -0.05) is 0 Å². The summed E-state index contributed by atoms with van der Waals surface area (Å²) >= 11 is 0. The minimum atomic E-state index is -0.103. The van der Waals surface area contributed by atoms with Crippen LogP contribution in [0.15, 0.2) is 18.3 Å². The van der Waals surface area contributed by atoms with Crippen molar-refractivity contribution in [2.45, 2.75) is 39.0 Å². The van der Waals surface area contributed by atoms with Crippen LogP contribution in [0.5, 0.6) is 0 Å². The van der Waals surface area contributed by atoms with E-state index in [4.69, 9.17) is 10.5 Å². The van der Waals surface area contributed by atoms with Gasteiger partial charge in [-0.05, 0) is 32.4 Å². The Kier molecular flexibility index (Phi) is 4.48. The van der Waals surface area contributed by atoms with Crippen LogP contribution in [0.25, 0.3) is 0 Å². The van der Waals surface area contributed by atoms with E-state index in [1.807, 2.05) is 18.0 Å². The van der Waals surface area contributed by atoms with Crippen molar-refractivity contribution < 1.29 is 9.53 Å². The number of carbonyl (C=O) groups is 1. The van der Waals surface area contributed by atoms with Crippen molar-refractivity contribution in [3.63, 3.8) is 0 Å². The number of hydrogen-bond acceptors (Lipinski definition) is 6. The van der Waals surface area contributed by atoms with E-state index in [0.717, 1.165) is 12.1 Å². The molecule has 1 aliphatic rings. The van der Waals surface area contributed by atoms with Gasteiger partial charge in [0.25, 0.3) is 5.91 Å². The van der Waals surface area contributed by atoms with Gasteiger partial charge in [0.05, 0.1) is 18.7 Å². The van der Waals surface area contributed by atoms with Gasteiger partial charge in [0.15, 0.2) is 0 Å². The molecule has 1 fully saturated rings. The van der Waals surface area contributed by atoms with Crippen LogP contribution in [0, 0.1) is 13.8 Å². The molecule has 8 heteroatoms. The van der Waals surface area contributed by atoms with Crippen molar-refractivity contribution in [1.29, 1.82) is 0 Å². The standard InChI is InChI=1S/C16H22N6O2/c1-10-6-14(19-11(2)18-10)16(23)22-9-13(24-3)7-12(22)8-21-5-4-15(17)20-21/h4-6,12-13H,7-9H2,1-3H3,(H2,17,20)/t12-,13+/m0/s1. The number of methoxy groups -OCH3 is 1. The quantitative estimate of drug-likeness (QED) is 0.890. The number of nitrogens with two attached hydrogens (primary N) is 1. The number of ether oxygens (including phenoxy) is 1. The molecule has 3 rings (SSSR count).